The van der Waals surface area contributed by atoms with Crippen molar-refractivity contribution < 1.29 is 9.90 Å². The van der Waals surface area contributed by atoms with Crippen molar-refractivity contribution in [2.45, 2.75) is 13.5 Å². The summed E-state index contributed by atoms with van der Waals surface area (Å²) in [6, 6.07) is 4.92. The van der Waals surface area contributed by atoms with Crippen molar-refractivity contribution >= 4 is 11.8 Å². The van der Waals surface area contributed by atoms with Crippen LogP contribution in [0.5, 0.6) is 0 Å². The Balaban J connectivity index is 2.02. The normalized spacial score (nSPS) is 10.1. The zero-order valence-corrected chi connectivity index (χ0v) is 9.79. The fourth-order valence-electron chi connectivity index (χ4n) is 1.43. The lowest BCUT2D eigenvalue weighted by Gasteiger charge is -2.07. The van der Waals surface area contributed by atoms with Crippen LogP contribution in [-0.4, -0.2) is 26.3 Å². The highest BCUT2D eigenvalue weighted by molar-refractivity contribution is 5.85. The lowest BCUT2D eigenvalue weighted by Crippen LogP contribution is -2.07. The summed E-state index contributed by atoms with van der Waals surface area (Å²) >= 11 is 0. The molecule has 2 N–H and O–H groups in total. The van der Waals surface area contributed by atoms with Crippen molar-refractivity contribution in [2.24, 2.45) is 0 Å². The standard InChI is InChI=1S/C12H12N4O2/c1-8-6-13-5-4-9(8)7-14-11-3-2-10(12(17)18)15-16-11/h2-6H,7H2,1H3,(H,14,16)(H,17,18). The fourth-order valence-corrected chi connectivity index (χ4v) is 1.43. The summed E-state index contributed by atoms with van der Waals surface area (Å²) < 4.78 is 0. The van der Waals surface area contributed by atoms with Crippen LogP contribution in [-0.2, 0) is 6.54 Å². The highest BCUT2D eigenvalue weighted by Crippen LogP contribution is 2.08. The van der Waals surface area contributed by atoms with E-state index in [0.29, 0.717) is 12.4 Å². The van der Waals surface area contributed by atoms with Gasteiger partial charge in [0.2, 0.25) is 0 Å². The molecule has 6 heteroatoms. The van der Waals surface area contributed by atoms with Gasteiger partial charge < -0.3 is 10.4 Å². The van der Waals surface area contributed by atoms with Crippen LogP contribution in [0.3, 0.4) is 0 Å². The molecule has 0 bridgehead atoms. The maximum atomic E-state index is 10.6. The van der Waals surface area contributed by atoms with Crippen LogP contribution < -0.4 is 5.32 Å². The second kappa shape index (κ2) is 5.22. The van der Waals surface area contributed by atoms with E-state index in [1.807, 2.05) is 13.0 Å². The molecule has 0 aliphatic heterocycles. The predicted molar refractivity (Wildman–Crippen MR) is 65.3 cm³/mol. The molecule has 0 spiro atoms. The van der Waals surface area contributed by atoms with E-state index in [2.05, 4.69) is 20.5 Å². The van der Waals surface area contributed by atoms with E-state index in [1.54, 1.807) is 18.5 Å². The van der Waals surface area contributed by atoms with Crippen LogP contribution >= 0.6 is 0 Å². The third kappa shape index (κ3) is 2.79. The molecule has 0 fully saturated rings. The van der Waals surface area contributed by atoms with Gasteiger partial charge in [-0.2, -0.15) is 0 Å². The third-order valence-corrected chi connectivity index (χ3v) is 2.48. The Morgan fingerprint density at radius 3 is 2.78 bits per heavy atom. The average Bonchev–Trinajstić information content (AvgIpc) is 2.38. The van der Waals surface area contributed by atoms with E-state index in [4.69, 9.17) is 5.11 Å². The van der Waals surface area contributed by atoms with Gasteiger partial charge >= 0.3 is 5.97 Å². The first-order valence-corrected chi connectivity index (χ1v) is 5.37. The molecular weight excluding hydrogens is 232 g/mol. The van der Waals surface area contributed by atoms with Crippen molar-refractivity contribution in [3.63, 3.8) is 0 Å². The molecule has 6 nitrogen and oxygen atoms in total. The van der Waals surface area contributed by atoms with Crippen LogP contribution in [0.15, 0.2) is 30.6 Å². The second-order valence-corrected chi connectivity index (χ2v) is 3.76. The van der Waals surface area contributed by atoms with E-state index >= 15 is 0 Å². The largest absolute Gasteiger partial charge is 0.476 e. The summed E-state index contributed by atoms with van der Waals surface area (Å²) in [5, 5.41) is 19.1. The summed E-state index contributed by atoms with van der Waals surface area (Å²) in [6.07, 6.45) is 3.51. The molecule has 0 saturated carbocycles. The minimum absolute atomic E-state index is 0.0689. The summed E-state index contributed by atoms with van der Waals surface area (Å²) in [7, 11) is 0. The average molecular weight is 244 g/mol. The molecule has 92 valence electrons. The SMILES string of the molecule is Cc1cnccc1CNc1ccc(C(=O)O)nn1. The summed E-state index contributed by atoms with van der Waals surface area (Å²) in [5.74, 6) is -0.546. The smallest absolute Gasteiger partial charge is 0.356 e. The molecule has 18 heavy (non-hydrogen) atoms. The highest BCUT2D eigenvalue weighted by Gasteiger charge is 2.05. The van der Waals surface area contributed by atoms with Crippen LogP contribution in [0.1, 0.15) is 21.6 Å². The number of aromatic carboxylic acids is 1. The van der Waals surface area contributed by atoms with Crippen molar-refractivity contribution in [3.8, 4) is 0 Å². The van der Waals surface area contributed by atoms with E-state index in [-0.39, 0.29) is 5.69 Å². The quantitative estimate of drug-likeness (QED) is 0.847. The molecular formula is C12H12N4O2. The maximum Gasteiger partial charge on any atom is 0.356 e. The Morgan fingerprint density at radius 1 is 1.33 bits per heavy atom. The Morgan fingerprint density at radius 2 is 2.17 bits per heavy atom. The molecule has 2 aromatic heterocycles. The molecule has 2 aromatic rings. The summed E-state index contributed by atoms with van der Waals surface area (Å²) in [5.41, 5.74) is 2.12. The number of nitrogens with one attached hydrogen (secondary N) is 1. The lowest BCUT2D eigenvalue weighted by molar-refractivity contribution is 0.0689. The predicted octanol–water partition coefficient (Wildman–Crippen LogP) is 1.49. The number of pyridine rings is 1. The van der Waals surface area contributed by atoms with E-state index in [9.17, 15) is 4.79 Å². The van der Waals surface area contributed by atoms with Gasteiger partial charge in [0.05, 0.1) is 0 Å². The van der Waals surface area contributed by atoms with Crippen LogP contribution in [0.2, 0.25) is 0 Å². The maximum absolute atomic E-state index is 10.6. The van der Waals surface area contributed by atoms with Gasteiger partial charge in [-0.15, -0.1) is 10.2 Å². The number of hydrogen-bond donors (Lipinski definition) is 2. The van der Waals surface area contributed by atoms with Crippen molar-refractivity contribution in [3.05, 3.63) is 47.4 Å². The van der Waals surface area contributed by atoms with Gasteiger partial charge in [-0.3, -0.25) is 4.98 Å². The van der Waals surface area contributed by atoms with Gasteiger partial charge in [0.15, 0.2) is 5.69 Å². The fraction of sp³-hybridized carbons (Fsp3) is 0.167. The number of anilines is 1. The van der Waals surface area contributed by atoms with Crippen LogP contribution in [0.25, 0.3) is 0 Å². The molecule has 0 aromatic carbocycles. The first kappa shape index (κ1) is 12.0. The number of rotatable bonds is 4. The summed E-state index contributed by atoms with van der Waals surface area (Å²) in [4.78, 5) is 14.6. The molecule has 0 atom stereocenters. The van der Waals surface area contributed by atoms with Gasteiger partial charge in [0, 0.05) is 18.9 Å². The van der Waals surface area contributed by atoms with E-state index < -0.39 is 5.97 Å². The van der Waals surface area contributed by atoms with Crippen LogP contribution in [0.4, 0.5) is 5.82 Å². The number of carboxylic acids is 1. The van der Waals surface area contributed by atoms with E-state index in [0.717, 1.165) is 11.1 Å². The molecule has 2 heterocycles. The molecule has 0 amide bonds. The molecule has 2 rings (SSSR count). The Labute approximate surface area is 104 Å². The zero-order valence-electron chi connectivity index (χ0n) is 9.79. The molecule has 0 unspecified atom stereocenters. The van der Waals surface area contributed by atoms with Gasteiger partial charge in [-0.05, 0) is 36.2 Å². The van der Waals surface area contributed by atoms with Crippen molar-refractivity contribution in [1.82, 2.24) is 15.2 Å². The summed E-state index contributed by atoms with van der Waals surface area (Å²) in [6.45, 7) is 2.57. The molecule has 0 aliphatic rings. The minimum Gasteiger partial charge on any atom is -0.476 e. The van der Waals surface area contributed by atoms with Gasteiger partial charge in [-0.1, -0.05) is 0 Å². The molecule has 0 saturated heterocycles. The Bertz CT molecular complexity index is 554. The number of carboxylic acid groups (broad SMARTS) is 1. The first-order chi connectivity index (χ1) is 8.66. The number of hydrogen-bond acceptors (Lipinski definition) is 5. The van der Waals surface area contributed by atoms with E-state index in [1.165, 1.54) is 6.07 Å². The second-order valence-electron chi connectivity index (χ2n) is 3.76. The number of nitrogens with zero attached hydrogens (tertiary/aromatic N) is 3. The monoisotopic (exact) mass is 244 g/mol. The number of carbonyl (C=O) groups is 1. The topological polar surface area (TPSA) is 88.0 Å². The van der Waals surface area contributed by atoms with Gasteiger partial charge in [-0.25, -0.2) is 4.79 Å². The molecule has 0 aliphatic carbocycles. The highest BCUT2D eigenvalue weighted by atomic mass is 16.4. The van der Waals surface area contributed by atoms with Gasteiger partial charge in [0.25, 0.3) is 0 Å². The minimum atomic E-state index is -1.08. The Hall–Kier alpha value is -2.50. The van der Waals surface area contributed by atoms with Gasteiger partial charge in [0.1, 0.15) is 5.82 Å². The number of aromatic nitrogens is 3. The first-order valence-electron chi connectivity index (χ1n) is 5.37. The lowest BCUT2D eigenvalue weighted by atomic mass is 10.1. The third-order valence-electron chi connectivity index (χ3n) is 2.48. The Kier molecular flexibility index (Phi) is 3.47. The zero-order chi connectivity index (χ0) is 13.0. The van der Waals surface area contributed by atoms with Crippen molar-refractivity contribution in [1.29, 1.82) is 0 Å². The van der Waals surface area contributed by atoms with Crippen LogP contribution in [0, 0.1) is 6.92 Å². The van der Waals surface area contributed by atoms with Crippen molar-refractivity contribution in [2.75, 3.05) is 5.32 Å². The number of aryl methyl sites for hydroxylation is 1. The molecule has 0 radical (unpaired) electrons.